The van der Waals surface area contributed by atoms with Gasteiger partial charge in [0.15, 0.2) is 6.29 Å². The van der Waals surface area contributed by atoms with Gasteiger partial charge in [0, 0.05) is 5.69 Å². The Morgan fingerprint density at radius 3 is 2.74 bits per heavy atom. The first kappa shape index (κ1) is 13.4. The summed E-state index contributed by atoms with van der Waals surface area (Å²) in [7, 11) is 0. The van der Waals surface area contributed by atoms with Crippen molar-refractivity contribution in [1.82, 2.24) is 15.0 Å². The first-order valence-corrected chi connectivity index (χ1v) is 6.13. The van der Waals surface area contributed by atoms with Crippen molar-refractivity contribution in [2.75, 3.05) is 5.32 Å². The molecule has 6 heteroatoms. The van der Waals surface area contributed by atoms with Crippen molar-refractivity contribution < 1.29 is 4.79 Å². The molecule has 19 heavy (non-hydrogen) atoms. The molecule has 0 spiro atoms. The van der Waals surface area contributed by atoms with Crippen LogP contribution in [0, 0.1) is 13.8 Å². The van der Waals surface area contributed by atoms with Gasteiger partial charge in [0.25, 0.3) is 0 Å². The monoisotopic (exact) mass is 276 g/mol. The third-order valence-corrected chi connectivity index (χ3v) is 2.80. The van der Waals surface area contributed by atoms with E-state index in [4.69, 9.17) is 11.6 Å². The average molecular weight is 277 g/mol. The molecule has 1 N–H and O–H groups in total. The molecular formula is C13H13ClN4O. The fourth-order valence-corrected chi connectivity index (χ4v) is 1.91. The second-order valence-corrected chi connectivity index (χ2v) is 4.42. The lowest BCUT2D eigenvalue weighted by molar-refractivity contribution is 0.112. The molecule has 2 rings (SSSR count). The first-order valence-electron chi connectivity index (χ1n) is 5.76. The van der Waals surface area contributed by atoms with Gasteiger partial charge in [0.1, 0.15) is 16.8 Å². The van der Waals surface area contributed by atoms with Crippen molar-refractivity contribution in [3.05, 3.63) is 46.1 Å². The van der Waals surface area contributed by atoms with E-state index in [9.17, 15) is 4.79 Å². The number of nitrogens with one attached hydrogen (secondary N) is 1. The topological polar surface area (TPSA) is 67.8 Å². The van der Waals surface area contributed by atoms with Crippen molar-refractivity contribution in [1.29, 1.82) is 0 Å². The van der Waals surface area contributed by atoms with Crippen molar-refractivity contribution in [3.63, 3.8) is 0 Å². The highest BCUT2D eigenvalue weighted by atomic mass is 35.5. The maximum Gasteiger partial charge on any atom is 0.156 e. The average Bonchev–Trinajstić information content (AvgIpc) is 2.36. The van der Waals surface area contributed by atoms with Gasteiger partial charge in [-0.25, -0.2) is 9.97 Å². The molecule has 98 valence electrons. The first-order chi connectivity index (χ1) is 9.10. The van der Waals surface area contributed by atoms with E-state index in [0.717, 1.165) is 11.4 Å². The molecule has 0 radical (unpaired) electrons. The Labute approximate surface area is 116 Å². The van der Waals surface area contributed by atoms with E-state index in [-0.39, 0.29) is 10.7 Å². The molecule has 0 fully saturated rings. The number of hydrogen-bond acceptors (Lipinski definition) is 5. The number of pyridine rings is 1. The number of aromatic nitrogens is 3. The molecule has 0 atom stereocenters. The molecule has 0 unspecified atom stereocenters. The van der Waals surface area contributed by atoms with Gasteiger partial charge in [-0.2, -0.15) is 0 Å². The van der Waals surface area contributed by atoms with Gasteiger partial charge in [-0.15, -0.1) is 0 Å². The normalized spacial score (nSPS) is 10.3. The lowest BCUT2D eigenvalue weighted by Gasteiger charge is -2.09. The van der Waals surface area contributed by atoms with Gasteiger partial charge >= 0.3 is 0 Å². The van der Waals surface area contributed by atoms with Crippen LogP contribution in [0.15, 0.2) is 18.2 Å². The minimum atomic E-state index is 0.155. The van der Waals surface area contributed by atoms with Crippen LogP contribution in [0.25, 0.3) is 0 Å². The second kappa shape index (κ2) is 5.75. The Morgan fingerprint density at radius 1 is 1.26 bits per heavy atom. The van der Waals surface area contributed by atoms with E-state index in [2.05, 4.69) is 20.3 Å². The molecule has 0 saturated carbocycles. The molecule has 2 heterocycles. The number of carbonyl (C=O) groups excluding carboxylic acids is 1. The van der Waals surface area contributed by atoms with Gasteiger partial charge in [-0.3, -0.25) is 9.78 Å². The summed E-state index contributed by atoms with van der Waals surface area (Å²) in [6.07, 6.45) is 0.647. The van der Waals surface area contributed by atoms with Crippen LogP contribution in [0.1, 0.15) is 27.6 Å². The largest absolute Gasteiger partial charge is 0.364 e. The summed E-state index contributed by atoms with van der Waals surface area (Å²) in [4.78, 5) is 23.5. The number of anilines is 1. The van der Waals surface area contributed by atoms with Crippen molar-refractivity contribution in [2.24, 2.45) is 0 Å². The number of halogens is 1. The molecule has 0 amide bonds. The van der Waals surface area contributed by atoms with Gasteiger partial charge in [0.2, 0.25) is 0 Å². The fraction of sp³-hybridized carbons (Fsp3) is 0.231. The molecule has 0 saturated heterocycles. The quantitative estimate of drug-likeness (QED) is 0.687. The molecule has 0 aliphatic rings. The molecule has 2 aromatic rings. The number of aldehydes is 1. The molecule has 0 bridgehead atoms. The summed E-state index contributed by atoms with van der Waals surface area (Å²) in [5, 5.41) is 3.21. The van der Waals surface area contributed by atoms with Gasteiger partial charge in [-0.05, 0) is 26.0 Å². The Bertz CT molecular complexity index is 616. The molecular weight excluding hydrogens is 264 g/mol. The summed E-state index contributed by atoms with van der Waals surface area (Å²) < 4.78 is 0. The summed E-state index contributed by atoms with van der Waals surface area (Å²) in [5.41, 5.74) is 2.07. The molecule has 0 aliphatic heterocycles. The third kappa shape index (κ3) is 3.26. The zero-order chi connectivity index (χ0) is 13.8. The van der Waals surface area contributed by atoms with E-state index in [1.54, 1.807) is 6.92 Å². The van der Waals surface area contributed by atoms with Crippen LogP contribution >= 0.6 is 11.6 Å². The fourth-order valence-electron chi connectivity index (χ4n) is 1.66. The van der Waals surface area contributed by atoms with Crippen molar-refractivity contribution >= 4 is 23.7 Å². The Kier molecular flexibility index (Phi) is 4.06. The van der Waals surface area contributed by atoms with E-state index < -0.39 is 0 Å². The number of nitrogens with zero attached hydrogens (tertiary/aromatic N) is 3. The maximum atomic E-state index is 11.0. The Hall–Kier alpha value is -2.01. The van der Waals surface area contributed by atoms with Crippen LogP contribution in [0.5, 0.6) is 0 Å². The molecule has 5 nitrogen and oxygen atoms in total. The van der Waals surface area contributed by atoms with Gasteiger partial charge < -0.3 is 5.32 Å². The lowest BCUT2D eigenvalue weighted by atomic mass is 10.3. The van der Waals surface area contributed by atoms with Crippen LogP contribution in [-0.2, 0) is 6.54 Å². The second-order valence-electron chi connectivity index (χ2n) is 4.07. The van der Waals surface area contributed by atoms with Crippen molar-refractivity contribution in [3.8, 4) is 0 Å². The van der Waals surface area contributed by atoms with Crippen molar-refractivity contribution in [2.45, 2.75) is 20.4 Å². The number of hydrogen-bond donors (Lipinski definition) is 1. The van der Waals surface area contributed by atoms with E-state index in [0.29, 0.717) is 24.5 Å². The summed E-state index contributed by atoms with van der Waals surface area (Å²) in [6, 6.07) is 5.75. The zero-order valence-electron chi connectivity index (χ0n) is 10.6. The van der Waals surface area contributed by atoms with E-state index in [1.165, 1.54) is 0 Å². The van der Waals surface area contributed by atoms with Crippen LogP contribution in [0.2, 0.25) is 5.15 Å². The highest BCUT2D eigenvalue weighted by molar-refractivity contribution is 6.32. The predicted octanol–water partition coefficient (Wildman–Crippen LogP) is 2.57. The third-order valence-electron chi connectivity index (χ3n) is 2.51. The number of aryl methyl sites for hydroxylation is 2. The van der Waals surface area contributed by atoms with E-state index >= 15 is 0 Å². The van der Waals surface area contributed by atoms with E-state index in [1.807, 2.05) is 25.1 Å². The number of carbonyl (C=O) groups is 1. The predicted molar refractivity (Wildman–Crippen MR) is 73.5 cm³/mol. The zero-order valence-corrected chi connectivity index (χ0v) is 11.4. The lowest BCUT2D eigenvalue weighted by Crippen LogP contribution is -2.08. The van der Waals surface area contributed by atoms with Gasteiger partial charge in [-0.1, -0.05) is 17.7 Å². The standard InChI is InChI=1S/C13H13ClN4O/c1-8-4-3-5-10(16-8)6-15-13-11(7-19)12(14)17-9(2)18-13/h3-5,7H,6H2,1-2H3,(H,15,17,18). The molecule has 0 aromatic carbocycles. The summed E-state index contributed by atoms with van der Waals surface area (Å²) in [5.74, 6) is 0.936. The van der Waals surface area contributed by atoms with Crippen LogP contribution in [-0.4, -0.2) is 21.2 Å². The molecule has 0 aliphatic carbocycles. The van der Waals surface area contributed by atoms with Crippen LogP contribution < -0.4 is 5.32 Å². The Morgan fingerprint density at radius 2 is 2.05 bits per heavy atom. The SMILES string of the molecule is Cc1cccc(CNc2nc(C)nc(Cl)c2C=O)n1. The van der Waals surface area contributed by atoms with Gasteiger partial charge in [0.05, 0.1) is 17.8 Å². The minimum Gasteiger partial charge on any atom is -0.364 e. The Balaban J connectivity index is 2.22. The minimum absolute atomic E-state index is 0.155. The van der Waals surface area contributed by atoms with Crippen LogP contribution in [0.3, 0.4) is 0 Å². The highest BCUT2D eigenvalue weighted by Crippen LogP contribution is 2.19. The number of rotatable bonds is 4. The molecule has 2 aromatic heterocycles. The smallest absolute Gasteiger partial charge is 0.156 e. The maximum absolute atomic E-state index is 11.0. The summed E-state index contributed by atoms with van der Waals surface area (Å²) >= 11 is 5.90. The summed E-state index contributed by atoms with van der Waals surface area (Å²) in [6.45, 7) is 4.11. The van der Waals surface area contributed by atoms with Crippen LogP contribution in [0.4, 0.5) is 5.82 Å². The highest BCUT2D eigenvalue weighted by Gasteiger charge is 2.10.